The minimum atomic E-state index is -0.438. The van der Waals surface area contributed by atoms with Crippen molar-refractivity contribution >= 4 is 40.6 Å². The van der Waals surface area contributed by atoms with Crippen molar-refractivity contribution in [2.45, 2.75) is 13.3 Å². The minimum Gasteiger partial charge on any atom is -0.398 e. The van der Waals surface area contributed by atoms with Crippen LogP contribution in [0.4, 0.5) is 11.5 Å². The molecule has 8 heteroatoms. The molecule has 0 aliphatic heterocycles. The number of hydrogen-bond acceptors (Lipinski definition) is 5. The van der Waals surface area contributed by atoms with Crippen molar-refractivity contribution in [2.75, 3.05) is 11.1 Å². The van der Waals surface area contributed by atoms with Crippen molar-refractivity contribution in [3.63, 3.8) is 0 Å². The first-order valence-electron chi connectivity index (χ1n) is 7.05. The third kappa shape index (κ3) is 5.06. The van der Waals surface area contributed by atoms with E-state index >= 15 is 0 Å². The van der Waals surface area contributed by atoms with Gasteiger partial charge in [-0.2, -0.15) is 5.10 Å². The van der Waals surface area contributed by atoms with E-state index in [1.807, 2.05) is 0 Å². The summed E-state index contributed by atoms with van der Waals surface area (Å²) in [6.07, 6.45) is 1.44. The van der Waals surface area contributed by atoms with Gasteiger partial charge in [0.1, 0.15) is 5.82 Å². The summed E-state index contributed by atoms with van der Waals surface area (Å²) in [5, 5.41) is 6.98. The molecule has 0 radical (unpaired) electrons. The van der Waals surface area contributed by atoms with Crippen molar-refractivity contribution in [3.05, 3.63) is 53.2 Å². The van der Waals surface area contributed by atoms with Gasteiger partial charge < -0.3 is 11.1 Å². The minimum absolute atomic E-state index is 0.00879. The first-order chi connectivity index (χ1) is 11.5. The van der Waals surface area contributed by atoms with E-state index in [1.165, 1.54) is 6.20 Å². The number of aromatic nitrogens is 1. The number of nitrogen functional groups attached to an aromatic ring is 1. The van der Waals surface area contributed by atoms with Crippen LogP contribution < -0.4 is 16.5 Å². The average molecular weight is 346 g/mol. The van der Waals surface area contributed by atoms with Gasteiger partial charge in [-0.15, -0.1) is 0 Å². The second kappa shape index (κ2) is 8.07. The van der Waals surface area contributed by atoms with Gasteiger partial charge in [-0.1, -0.05) is 23.7 Å². The molecule has 0 saturated carbocycles. The van der Waals surface area contributed by atoms with Crippen LogP contribution in [0.3, 0.4) is 0 Å². The van der Waals surface area contributed by atoms with Crippen LogP contribution in [-0.4, -0.2) is 22.5 Å². The molecule has 0 aliphatic rings. The maximum absolute atomic E-state index is 12.0. The second-order valence-electron chi connectivity index (χ2n) is 4.96. The van der Waals surface area contributed by atoms with Crippen LogP contribution in [0.1, 0.15) is 23.7 Å². The highest BCUT2D eigenvalue weighted by molar-refractivity contribution is 6.30. The number of nitrogens with one attached hydrogen (secondary N) is 2. The Balaban J connectivity index is 1.89. The molecule has 0 saturated heterocycles. The van der Waals surface area contributed by atoms with E-state index in [0.717, 1.165) is 0 Å². The zero-order chi connectivity index (χ0) is 17.5. The fourth-order valence-corrected chi connectivity index (χ4v) is 1.93. The summed E-state index contributed by atoms with van der Waals surface area (Å²) in [7, 11) is 0. The number of hydrogen-bond donors (Lipinski definition) is 3. The highest BCUT2D eigenvalue weighted by atomic mass is 35.5. The van der Waals surface area contributed by atoms with Gasteiger partial charge >= 0.3 is 0 Å². The Morgan fingerprint density at radius 3 is 2.67 bits per heavy atom. The molecule has 2 amide bonds. The molecule has 4 N–H and O–H groups in total. The van der Waals surface area contributed by atoms with E-state index in [4.69, 9.17) is 17.3 Å². The number of amides is 2. The van der Waals surface area contributed by atoms with E-state index in [2.05, 4.69) is 20.8 Å². The molecule has 1 aromatic heterocycles. The summed E-state index contributed by atoms with van der Waals surface area (Å²) in [5.41, 5.74) is 9.20. The Morgan fingerprint density at radius 2 is 2.00 bits per heavy atom. The highest BCUT2D eigenvalue weighted by Crippen LogP contribution is 2.11. The number of hydrazone groups is 1. The Hall–Kier alpha value is -2.93. The molecular weight excluding hydrogens is 330 g/mol. The number of para-hydroxylation sites is 1. The normalized spacial score (nSPS) is 11.0. The van der Waals surface area contributed by atoms with Gasteiger partial charge in [-0.3, -0.25) is 9.59 Å². The molecule has 2 rings (SSSR count). The number of nitrogens with zero attached hydrogens (tertiary/aromatic N) is 2. The monoisotopic (exact) mass is 345 g/mol. The molecule has 2 aromatic rings. The molecule has 1 heterocycles. The summed E-state index contributed by atoms with van der Waals surface area (Å²) >= 11 is 5.72. The number of nitrogens with two attached hydrogens (primary N) is 1. The Morgan fingerprint density at radius 1 is 1.25 bits per heavy atom. The lowest BCUT2D eigenvalue weighted by Gasteiger charge is -2.06. The summed E-state index contributed by atoms with van der Waals surface area (Å²) in [6.45, 7) is 1.63. The SMILES string of the molecule is CC(CC(=O)Nc1ccc(Cl)cn1)=NNC(=O)c1ccccc1N. The van der Waals surface area contributed by atoms with Gasteiger partial charge in [-0.05, 0) is 31.2 Å². The quantitative estimate of drug-likeness (QED) is 0.439. The van der Waals surface area contributed by atoms with E-state index in [-0.39, 0.29) is 12.3 Å². The van der Waals surface area contributed by atoms with Crippen molar-refractivity contribution in [1.29, 1.82) is 0 Å². The van der Waals surface area contributed by atoms with Crippen LogP contribution in [0.25, 0.3) is 0 Å². The third-order valence-electron chi connectivity index (χ3n) is 2.96. The van der Waals surface area contributed by atoms with Crippen molar-refractivity contribution in [2.24, 2.45) is 5.10 Å². The van der Waals surface area contributed by atoms with Crippen molar-refractivity contribution in [3.8, 4) is 0 Å². The summed E-state index contributed by atoms with van der Waals surface area (Å²) in [4.78, 5) is 27.8. The number of halogens is 1. The average Bonchev–Trinajstić information content (AvgIpc) is 2.55. The zero-order valence-electron chi connectivity index (χ0n) is 12.9. The van der Waals surface area contributed by atoms with E-state index in [0.29, 0.717) is 27.8 Å². The molecule has 0 unspecified atom stereocenters. The molecule has 0 atom stereocenters. The van der Waals surface area contributed by atoms with Crippen LogP contribution >= 0.6 is 11.6 Å². The predicted octanol–water partition coefficient (Wildman–Crippen LogP) is 2.45. The summed E-state index contributed by atoms with van der Waals surface area (Å²) in [6, 6.07) is 9.86. The lowest BCUT2D eigenvalue weighted by Crippen LogP contribution is -2.22. The number of carbonyl (C=O) groups is 2. The molecule has 0 spiro atoms. The molecular formula is C16H16ClN5O2. The van der Waals surface area contributed by atoms with E-state index in [9.17, 15) is 9.59 Å². The number of pyridine rings is 1. The lowest BCUT2D eigenvalue weighted by molar-refractivity contribution is -0.115. The van der Waals surface area contributed by atoms with E-state index in [1.54, 1.807) is 43.3 Å². The maximum Gasteiger partial charge on any atom is 0.273 e. The van der Waals surface area contributed by atoms with E-state index < -0.39 is 5.91 Å². The predicted molar refractivity (Wildman–Crippen MR) is 93.9 cm³/mol. The Bertz CT molecular complexity index is 774. The second-order valence-corrected chi connectivity index (χ2v) is 5.40. The number of benzene rings is 1. The lowest BCUT2D eigenvalue weighted by atomic mass is 10.2. The van der Waals surface area contributed by atoms with Gasteiger partial charge in [0.25, 0.3) is 5.91 Å². The first kappa shape index (κ1) is 17.4. The van der Waals surface area contributed by atoms with Crippen molar-refractivity contribution in [1.82, 2.24) is 10.4 Å². The Kier molecular flexibility index (Phi) is 5.86. The van der Waals surface area contributed by atoms with Crippen molar-refractivity contribution < 1.29 is 9.59 Å². The topological polar surface area (TPSA) is 109 Å². The first-order valence-corrected chi connectivity index (χ1v) is 7.43. The molecule has 24 heavy (non-hydrogen) atoms. The fourth-order valence-electron chi connectivity index (χ4n) is 1.82. The van der Waals surface area contributed by atoms with Crippen LogP contribution in [0.2, 0.25) is 5.02 Å². The summed E-state index contributed by atoms with van der Waals surface area (Å²) in [5.74, 6) is -0.356. The van der Waals surface area contributed by atoms with Crippen LogP contribution in [0.15, 0.2) is 47.7 Å². The number of carbonyl (C=O) groups excluding carboxylic acids is 2. The molecule has 124 valence electrons. The van der Waals surface area contributed by atoms with Crippen LogP contribution in [0.5, 0.6) is 0 Å². The standard InChI is InChI=1S/C16H16ClN5O2/c1-10(8-15(23)20-14-7-6-11(17)9-19-14)21-22-16(24)12-4-2-3-5-13(12)18/h2-7,9H,8,18H2,1H3,(H,22,24)(H,19,20,23). The van der Waals surface area contributed by atoms with Gasteiger partial charge in [0.15, 0.2) is 0 Å². The molecule has 0 aliphatic carbocycles. The van der Waals surface area contributed by atoms with Gasteiger partial charge in [-0.25, -0.2) is 10.4 Å². The van der Waals surface area contributed by atoms with Gasteiger partial charge in [0, 0.05) is 17.6 Å². The van der Waals surface area contributed by atoms with Crippen LogP contribution in [-0.2, 0) is 4.79 Å². The zero-order valence-corrected chi connectivity index (χ0v) is 13.7. The smallest absolute Gasteiger partial charge is 0.273 e. The number of anilines is 2. The van der Waals surface area contributed by atoms with Gasteiger partial charge in [0.05, 0.1) is 17.0 Å². The van der Waals surface area contributed by atoms with Gasteiger partial charge in [0.2, 0.25) is 5.91 Å². The molecule has 0 bridgehead atoms. The number of rotatable bonds is 5. The largest absolute Gasteiger partial charge is 0.398 e. The Labute approximate surface area is 143 Å². The molecule has 0 fully saturated rings. The highest BCUT2D eigenvalue weighted by Gasteiger charge is 2.09. The molecule has 7 nitrogen and oxygen atoms in total. The fraction of sp³-hybridized carbons (Fsp3) is 0.125. The summed E-state index contributed by atoms with van der Waals surface area (Å²) < 4.78 is 0. The maximum atomic E-state index is 12.0. The third-order valence-corrected chi connectivity index (χ3v) is 3.19. The molecule has 1 aromatic carbocycles. The van der Waals surface area contributed by atoms with Crippen LogP contribution in [0, 0.1) is 0 Å².